The van der Waals surface area contributed by atoms with Crippen LogP contribution in [0.5, 0.6) is 0 Å². The van der Waals surface area contributed by atoms with E-state index < -0.39 is 6.10 Å². The molecule has 18 heavy (non-hydrogen) atoms. The lowest BCUT2D eigenvalue weighted by Crippen LogP contribution is -2.37. The highest BCUT2D eigenvalue weighted by atomic mass is 16.5. The van der Waals surface area contributed by atoms with E-state index in [1.54, 1.807) is 6.92 Å². The quantitative estimate of drug-likeness (QED) is 0.620. The second-order valence-electron chi connectivity index (χ2n) is 6.45. The van der Waals surface area contributed by atoms with Gasteiger partial charge >= 0.3 is 5.97 Å². The van der Waals surface area contributed by atoms with Crippen LogP contribution in [0.1, 0.15) is 47.0 Å². The van der Waals surface area contributed by atoms with Crippen LogP contribution in [0.3, 0.4) is 0 Å². The number of hydrogen-bond acceptors (Lipinski definition) is 3. The molecule has 1 rings (SSSR count). The zero-order chi connectivity index (χ0) is 13.9. The Morgan fingerprint density at radius 3 is 2.61 bits per heavy atom. The van der Waals surface area contributed by atoms with Gasteiger partial charge < -0.3 is 9.84 Å². The van der Waals surface area contributed by atoms with Gasteiger partial charge in [0.15, 0.2) is 0 Å². The molecule has 0 radical (unpaired) electrons. The van der Waals surface area contributed by atoms with Crippen molar-refractivity contribution in [2.45, 2.75) is 53.1 Å². The number of allylic oxidation sites excluding steroid dienone is 1. The number of aliphatic hydroxyl groups is 1. The zero-order valence-electron chi connectivity index (χ0n) is 12.0. The molecule has 0 aromatic carbocycles. The van der Waals surface area contributed by atoms with Gasteiger partial charge in [-0.15, -0.1) is 0 Å². The van der Waals surface area contributed by atoms with Gasteiger partial charge in [-0.25, -0.2) is 0 Å². The minimum absolute atomic E-state index is 0.0820. The summed E-state index contributed by atoms with van der Waals surface area (Å²) in [7, 11) is 0. The summed E-state index contributed by atoms with van der Waals surface area (Å²) >= 11 is 0. The number of rotatable bonds is 4. The van der Waals surface area contributed by atoms with Crippen LogP contribution in [-0.2, 0) is 9.53 Å². The Bertz CT molecular complexity index is 318. The van der Waals surface area contributed by atoms with E-state index in [1.165, 1.54) is 0 Å². The van der Waals surface area contributed by atoms with Gasteiger partial charge in [0.1, 0.15) is 6.61 Å². The third-order valence-corrected chi connectivity index (χ3v) is 3.79. The number of esters is 1. The lowest BCUT2D eigenvalue weighted by atomic mass is 9.65. The van der Waals surface area contributed by atoms with Crippen molar-refractivity contribution in [2.24, 2.45) is 17.3 Å². The molecule has 0 aromatic rings. The first-order valence-electron chi connectivity index (χ1n) is 6.73. The molecule has 1 fully saturated rings. The molecule has 1 aliphatic rings. The van der Waals surface area contributed by atoms with Crippen molar-refractivity contribution in [3.05, 3.63) is 12.2 Å². The van der Waals surface area contributed by atoms with E-state index in [4.69, 9.17) is 4.74 Å². The van der Waals surface area contributed by atoms with E-state index in [0.29, 0.717) is 0 Å². The summed E-state index contributed by atoms with van der Waals surface area (Å²) in [6.07, 6.45) is 2.35. The molecule has 0 amide bonds. The normalized spacial score (nSPS) is 28.5. The number of aliphatic hydroxyl groups excluding tert-OH is 1. The van der Waals surface area contributed by atoms with Crippen LogP contribution in [0.25, 0.3) is 0 Å². The fraction of sp³-hybridized carbons (Fsp3) is 0.800. The van der Waals surface area contributed by atoms with Gasteiger partial charge in [0.2, 0.25) is 0 Å². The molecular formula is C15H26O3. The Labute approximate surface area is 110 Å². The van der Waals surface area contributed by atoms with Crippen LogP contribution < -0.4 is 0 Å². The van der Waals surface area contributed by atoms with Crippen molar-refractivity contribution in [1.29, 1.82) is 0 Å². The first-order chi connectivity index (χ1) is 8.23. The lowest BCUT2D eigenvalue weighted by Gasteiger charge is -2.39. The third kappa shape index (κ3) is 4.13. The highest BCUT2D eigenvalue weighted by Crippen LogP contribution is 2.44. The number of carbonyl (C=O) groups is 1. The molecule has 104 valence electrons. The van der Waals surface area contributed by atoms with Gasteiger partial charge in [-0.05, 0) is 44.4 Å². The highest BCUT2D eigenvalue weighted by molar-refractivity contribution is 5.73. The van der Waals surface area contributed by atoms with Gasteiger partial charge in [0.25, 0.3) is 0 Å². The van der Waals surface area contributed by atoms with Gasteiger partial charge in [-0.2, -0.15) is 0 Å². The zero-order valence-corrected chi connectivity index (χ0v) is 12.0. The molecule has 0 heterocycles. The van der Waals surface area contributed by atoms with Crippen molar-refractivity contribution in [3.63, 3.8) is 0 Å². The molecule has 0 bridgehead atoms. The summed E-state index contributed by atoms with van der Waals surface area (Å²) in [5.74, 6) is -0.0683. The topological polar surface area (TPSA) is 46.5 Å². The standard InChI is InChI=1S/C15H26O3/c1-10(2)12-6-7-15(4,5)8-13(12)14(17)18-9-11(3)16/h11-13,16H,1,6-9H2,2-5H3. The summed E-state index contributed by atoms with van der Waals surface area (Å²) in [6, 6.07) is 0. The summed E-state index contributed by atoms with van der Waals surface area (Å²) in [6.45, 7) is 12.1. The maximum Gasteiger partial charge on any atom is 0.309 e. The van der Waals surface area contributed by atoms with Crippen molar-refractivity contribution in [2.75, 3.05) is 6.61 Å². The number of ether oxygens (including phenoxy) is 1. The molecule has 3 nitrogen and oxygen atoms in total. The van der Waals surface area contributed by atoms with Crippen molar-refractivity contribution >= 4 is 5.97 Å². The summed E-state index contributed by atoms with van der Waals surface area (Å²) in [4.78, 5) is 12.1. The van der Waals surface area contributed by atoms with Gasteiger partial charge in [-0.3, -0.25) is 4.79 Å². The second kappa shape index (κ2) is 5.87. The average molecular weight is 254 g/mol. The summed E-state index contributed by atoms with van der Waals surface area (Å²) in [5, 5.41) is 9.18. The predicted molar refractivity (Wildman–Crippen MR) is 72.1 cm³/mol. The summed E-state index contributed by atoms with van der Waals surface area (Å²) in [5.41, 5.74) is 1.24. The maximum absolute atomic E-state index is 12.1. The molecule has 0 aliphatic heterocycles. The molecule has 0 saturated heterocycles. The van der Waals surface area contributed by atoms with E-state index in [1.807, 2.05) is 6.92 Å². The van der Waals surface area contributed by atoms with Gasteiger partial charge in [0, 0.05) is 0 Å². The molecule has 3 atom stereocenters. The van der Waals surface area contributed by atoms with Crippen LogP contribution >= 0.6 is 0 Å². The van der Waals surface area contributed by atoms with Crippen molar-refractivity contribution < 1.29 is 14.6 Å². The molecule has 3 heteroatoms. The first-order valence-corrected chi connectivity index (χ1v) is 6.73. The monoisotopic (exact) mass is 254 g/mol. The Hall–Kier alpha value is -0.830. The Morgan fingerprint density at radius 1 is 1.50 bits per heavy atom. The van der Waals surface area contributed by atoms with E-state index >= 15 is 0 Å². The first kappa shape index (κ1) is 15.2. The lowest BCUT2D eigenvalue weighted by molar-refractivity contribution is -0.155. The summed E-state index contributed by atoms with van der Waals surface area (Å²) < 4.78 is 5.19. The van der Waals surface area contributed by atoms with E-state index in [9.17, 15) is 9.90 Å². The van der Waals surface area contributed by atoms with Crippen LogP contribution in [0.4, 0.5) is 0 Å². The van der Waals surface area contributed by atoms with Crippen molar-refractivity contribution in [3.8, 4) is 0 Å². The molecule has 0 spiro atoms. The SMILES string of the molecule is C=C(C)C1CCC(C)(C)CC1C(=O)OCC(C)O. The second-order valence-corrected chi connectivity index (χ2v) is 6.45. The molecule has 1 aliphatic carbocycles. The molecular weight excluding hydrogens is 228 g/mol. The maximum atomic E-state index is 12.1. The fourth-order valence-corrected chi connectivity index (χ4v) is 2.73. The van der Waals surface area contributed by atoms with Gasteiger partial charge in [-0.1, -0.05) is 26.0 Å². The smallest absolute Gasteiger partial charge is 0.309 e. The highest BCUT2D eigenvalue weighted by Gasteiger charge is 2.39. The van der Waals surface area contributed by atoms with E-state index in [-0.39, 0.29) is 29.8 Å². The van der Waals surface area contributed by atoms with Crippen molar-refractivity contribution in [1.82, 2.24) is 0 Å². The predicted octanol–water partition coefficient (Wildman–Crippen LogP) is 2.93. The van der Waals surface area contributed by atoms with E-state index in [2.05, 4.69) is 20.4 Å². The third-order valence-electron chi connectivity index (χ3n) is 3.79. The molecule has 1 N–H and O–H groups in total. The Morgan fingerprint density at radius 2 is 2.11 bits per heavy atom. The Balaban J connectivity index is 2.72. The largest absolute Gasteiger partial charge is 0.463 e. The van der Waals surface area contributed by atoms with Gasteiger partial charge in [0.05, 0.1) is 12.0 Å². The molecule has 3 unspecified atom stereocenters. The fourth-order valence-electron chi connectivity index (χ4n) is 2.73. The van der Waals surface area contributed by atoms with Crippen LogP contribution in [0.2, 0.25) is 0 Å². The van der Waals surface area contributed by atoms with Crippen LogP contribution in [-0.4, -0.2) is 23.8 Å². The number of hydrogen-bond donors (Lipinski definition) is 1. The molecule has 0 aromatic heterocycles. The Kier molecular flexibility index (Phi) is 4.97. The average Bonchev–Trinajstić information content (AvgIpc) is 2.23. The molecule has 1 saturated carbocycles. The minimum Gasteiger partial charge on any atom is -0.463 e. The van der Waals surface area contributed by atoms with E-state index in [0.717, 1.165) is 24.8 Å². The van der Waals surface area contributed by atoms with Crippen LogP contribution in [0.15, 0.2) is 12.2 Å². The number of carbonyl (C=O) groups excluding carboxylic acids is 1. The minimum atomic E-state index is -0.603. The van der Waals surface area contributed by atoms with Crippen LogP contribution in [0, 0.1) is 17.3 Å².